The maximum atomic E-state index is 6.06. The lowest BCUT2D eigenvalue weighted by atomic mass is 10.3. The minimum atomic E-state index is 0.480. The van der Waals surface area contributed by atoms with Gasteiger partial charge in [0, 0.05) is 13.1 Å². The van der Waals surface area contributed by atoms with Crippen molar-refractivity contribution in [1.82, 2.24) is 9.97 Å². The maximum Gasteiger partial charge on any atom is 0.227 e. The zero-order chi connectivity index (χ0) is 11.5. The minimum Gasteiger partial charge on any atom is -0.378 e. The second kappa shape index (κ2) is 5.29. The van der Waals surface area contributed by atoms with Gasteiger partial charge in [-0.15, -0.1) is 0 Å². The molecule has 0 aromatic carbocycles. The van der Waals surface area contributed by atoms with Gasteiger partial charge in [0.2, 0.25) is 5.95 Å². The molecule has 1 aliphatic heterocycles. The van der Waals surface area contributed by atoms with E-state index in [0.29, 0.717) is 11.1 Å². The SMILES string of the molecule is CCc1nc(N2CCOCC2)nc(Cl)c1Br. The van der Waals surface area contributed by atoms with Crippen molar-refractivity contribution < 1.29 is 4.74 Å². The van der Waals surface area contributed by atoms with Crippen molar-refractivity contribution in [3.63, 3.8) is 0 Å². The molecule has 16 heavy (non-hydrogen) atoms. The first-order valence-corrected chi connectivity index (χ1v) is 6.44. The summed E-state index contributed by atoms with van der Waals surface area (Å²) < 4.78 is 6.09. The first-order valence-electron chi connectivity index (χ1n) is 5.27. The van der Waals surface area contributed by atoms with E-state index in [1.54, 1.807) is 0 Å². The predicted octanol–water partition coefficient (Wildman–Crippen LogP) is 2.29. The highest BCUT2D eigenvalue weighted by Crippen LogP contribution is 2.26. The lowest BCUT2D eigenvalue weighted by molar-refractivity contribution is 0.122. The van der Waals surface area contributed by atoms with Crippen LogP contribution in [0.5, 0.6) is 0 Å². The van der Waals surface area contributed by atoms with E-state index in [1.807, 2.05) is 6.92 Å². The van der Waals surface area contributed by atoms with E-state index in [2.05, 4.69) is 30.8 Å². The van der Waals surface area contributed by atoms with Crippen LogP contribution >= 0.6 is 27.5 Å². The summed E-state index contributed by atoms with van der Waals surface area (Å²) in [6.07, 6.45) is 0.833. The van der Waals surface area contributed by atoms with Gasteiger partial charge in [-0.1, -0.05) is 18.5 Å². The molecule has 0 atom stereocenters. The normalized spacial score (nSPS) is 16.6. The van der Waals surface area contributed by atoms with Crippen LogP contribution in [0.25, 0.3) is 0 Å². The second-order valence-electron chi connectivity index (χ2n) is 3.53. The van der Waals surface area contributed by atoms with Crippen LogP contribution < -0.4 is 4.90 Å². The first-order chi connectivity index (χ1) is 7.72. The van der Waals surface area contributed by atoms with Crippen molar-refractivity contribution in [2.24, 2.45) is 0 Å². The average molecular weight is 307 g/mol. The Kier molecular flexibility index (Phi) is 4.00. The fraction of sp³-hybridized carbons (Fsp3) is 0.600. The van der Waals surface area contributed by atoms with Gasteiger partial charge in [-0.2, -0.15) is 4.98 Å². The monoisotopic (exact) mass is 305 g/mol. The molecule has 0 bridgehead atoms. The molecule has 0 unspecified atom stereocenters. The Morgan fingerprint density at radius 3 is 2.69 bits per heavy atom. The molecule has 0 N–H and O–H groups in total. The van der Waals surface area contributed by atoms with Crippen LogP contribution in [0.2, 0.25) is 5.15 Å². The van der Waals surface area contributed by atoms with Crippen LogP contribution in [-0.4, -0.2) is 36.3 Å². The van der Waals surface area contributed by atoms with Crippen LogP contribution in [0.4, 0.5) is 5.95 Å². The van der Waals surface area contributed by atoms with Gasteiger partial charge in [-0.05, 0) is 22.4 Å². The number of anilines is 1. The molecule has 4 nitrogen and oxygen atoms in total. The molecule has 1 aliphatic rings. The van der Waals surface area contributed by atoms with Crippen LogP contribution in [0.1, 0.15) is 12.6 Å². The number of rotatable bonds is 2. The summed E-state index contributed by atoms with van der Waals surface area (Å²) in [6, 6.07) is 0. The number of aromatic nitrogens is 2. The highest BCUT2D eigenvalue weighted by atomic mass is 79.9. The number of aryl methyl sites for hydroxylation is 1. The van der Waals surface area contributed by atoms with Crippen molar-refractivity contribution in [2.75, 3.05) is 31.2 Å². The van der Waals surface area contributed by atoms with E-state index in [-0.39, 0.29) is 0 Å². The summed E-state index contributed by atoms with van der Waals surface area (Å²) in [4.78, 5) is 10.9. The molecule has 6 heteroatoms. The summed E-state index contributed by atoms with van der Waals surface area (Å²) in [5.41, 5.74) is 0.946. The van der Waals surface area contributed by atoms with E-state index < -0.39 is 0 Å². The van der Waals surface area contributed by atoms with Gasteiger partial charge >= 0.3 is 0 Å². The molecule has 0 spiro atoms. The number of morpholine rings is 1. The fourth-order valence-corrected chi connectivity index (χ4v) is 2.23. The molecule has 2 rings (SSSR count). The van der Waals surface area contributed by atoms with Gasteiger partial charge in [-0.3, -0.25) is 0 Å². The van der Waals surface area contributed by atoms with Crippen molar-refractivity contribution in [2.45, 2.75) is 13.3 Å². The third-order valence-electron chi connectivity index (χ3n) is 2.50. The summed E-state index contributed by atoms with van der Waals surface area (Å²) in [6.45, 7) is 5.13. The average Bonchev–Trinajstić information content (AvgIpc) is 2.33. The lowest BCUT2D eigenvalue weighted by Crippen LogP contribution is -2.37. The van der Waals surface area contributed by atoms with Crippen molar-refractivity contribution >= 4 is 33.5 Å². The zero-order valence-electron chi connectivity index (χ0n) is 9.04. The molecule has 0 saturated carbocycles. The summed E-state index contributed by atoms with van der Waals surface area (Å²) in [5.74, 6) is 0.702. The molecule has 0 aliphatic carbocycles. The fourth-order valence-electron chi connectivity index (χ4n) is 1.59. The van der Waals surface area contributed by atoms with Crippen LogP contribution in [-0.2, 0) is 11.2 Å². The number of hydrogen-bond acceptors (Lipinski definition) is 4. The Hall–Kier alpha value is -0.390. The molecule has 1 saturated heterocycles. The molecule has 0 amide bonds. The maximum absolute atomic E-state index is 6.06. The van der Waals surface area contributed by atoms with E-state index in [9.17, 15) is 0 Å². The predicted molar refractivity (Wildman–Crippen MR) is 67.2 cm³/mol. The molecule has 1 aromatic heterocycles. The summed E-state index contributed by atoms with van der Waals surface area (Å²) >= 11 is 9.46. The van der Waals surface area contributed by atoms with Gasteiger partial charge < -0.3 is 9.64 Å². The highest BCUT2D eigenvalue weighted by molar-refractivity contribution is 9.10. The zero-order valence-corrected chi connectivity index (χ0v) is 11.4. The third-order valence-corrected chi connectivity index (χ3v) is 3.83. The largest absolute Gasteiger partial charge is 0.378 e. The molecular formula is C10H13BrClN3O. The van der Waals surface area contributed by atoms with Crippen molar-refractivity contribution in [3.05, 3.63) is 15.3 Å². The second-order valence-corrected chi connectivity index (χ2v) is 4.68. The molecule has 0 radical (unpaired) electrons. The Balaban J connectivity index is 2.29. The molecule has 1 fully saturated rings. The minimum absolute atomic E-state index is 0.480. The standard InChI is InChI=1S/C10H13BrClN3O/c1-2-7-8(11)9(12)14-10(13-7)15-3-5-16-6-4-15/h2-6H2,1H3. The van der Waals surface area contributed by atoms with Crippen molar-refractivity contribution in [1.29, 1.82) is 0 Å². The number of hydrogen-bond donors (Lipinski definition) is 0. The number of nitrogens with zero attached hydrogens (tertiary/aromatic N) is 3. The van der Waals surface area contributed by atoms with Gasteiger partial charge in [-0.25, -0.2) is 4.98 Å². The third kappa shape index (κ3) is 2.47. The Labute approximate surface area is 108 Å². The van der Waals surface area contributed by atoms with Gasteiger partial charge in [0.25, 0.3) is 0 Å². The topological polar surface area (TPSA) is 38.2 Å². The number of ether oxygens (including phenoxy) is 1. The molecular weight excluding hydrogens is 293 g/mol. The van der Waals surface area contributed by atoms with E-state index >= 15 is 0 Å². The molecule has 2 heterocycles. The van der Waals surface area contributed by atoms with E-state index in [1.165, 1.54) is 0 Å². The van der Waals surface area contributed by atoms with Gasteiger partial charge in [0.15, 0.2) is 0 Å². The van der Waals surface area contributed by atoms with Gasteiger partial charge in [0.05, 0.1) is 23.4 Å². The lowest BCUT2D eigenvalue weighted by Gasteiger charge is -2.27. The van der Waals surface area contributed by atoms with E-state index in [0.717, 1.165) is 42.9 Å². The Morgan fingerprint density at radius 2 is 2.06 bits per heavy atom. The quantitative estimate of drug-likeness (QED) is 0.786. The van der Waals surface area contributed by atoms with Gasteiger partial charge in [0.1, 0.15) is 5.15 Å². The summed E-state index contributed by atoms with van der Waals surface area (Å²) in [7, 11) is 0. The summed E-state index contributed by atoms with van der Waals surface area (Å²) in [5, 5.41) is 0.480. The van der Waals surface area contributed by atoms with Crippen LogP contribution in [0.3, 0.4) is 0 Å². The van der Waals surface area contributed by atoms with Crippen LogP contribution in [0.15, 0.2) is 4.47 Å². The number of halogens is 2. The Morgan fingerprint density at radius 1 is 1.38 bits per heavy atom. The highest BCUT2D eigenvalue weighted by Gasteiger charge is 2.17. The molecule has 88 valence electrons. The van der Waals surface area contributed by atoms with Crippen molar-refractivity contribution in [3.8, 4) is 0 Å². The first kappa shape index (κ1) is 12.1. The van der Waals surface area contributed by atoms with Crippen LogP contribution in [0, 0.1) is 0 Å². The Bertz CT molecular complexity index is 383. The smallest absolute Gasteiger partial charge is 0.227 e. The molecule has 1 aromatic rings. The van der Waals surface area contributed by atoms with E-state index in [4.69, 9.17) is 16.3 Å².